The summed E-state index contributed by atoms with van der Waals surface area (Å²) in [6, 6.07) is 7.41. The molecule has 1 rings (SSSR count). The van der Waals surface area contributed by atoms with Crippen LogP contribution in [0.1, 0.15) is 44.0 Å². The third-order valence-electron chi connectivity index (χ3n) is 2.47. The van der Waals surface area contributed by atoms with Crippen molar-refractivity contribution < 1.29 is 9.53 Å². The van der Waals surface area contributed by atoms with E-state index >= 15 is 0 Å². The Kier molecular flexibility index (Phi) is 4.35. The van der Waals surface area contributed by atoms with Gasteiger partial charge in [-0.25, -0.2) is 0 Å². The van der Waals surface area contributed by atoms with Crippen LogP contribution in [0.15, 0.2) is 24.3 Å². The van der Waals surface area contributed by atoms with Gasteiger partial charge in [-0.05, 0) is 31.9 Å². The number of benzene rings is 1. The van der Waals surface area contributed by atoms with Crippen LogP contribution in [0, 0.1) is 0 Å². The summed E-state index contributed by atoms with van der Waals surface area (Å²) in [5.41, 5.74) is 0.671. The predicted molar refractivity (Wildman–Crippen MR) is 61.4 cm³/mol. The first kappa shape index (κ1) is 11.8. The summed E-state index contributed by atoms with van der Waals surface area (Å²) in [6.45, 7) is 5.74. The third kappa shape index (κ3) is 3.08. The van der Waals surface area contributed by atoms with Gasteiger partial charge in [0.05, 0.1) is 11.7 Å². The lowest BCUT2D eigenvalue weighted by atomic mass is 10.1. The van der Waals surface area contributed by atoms with Crippen molar-refractivity contribution in [1.29, 1.82) is 0 Å². The zero-order chi connectivity index (χ0) is 11.3. The lowest BCUT2D eigenvalue weighted by Crippen LogP contribution is -2.15. The van der Waals surface area contributed by atoms with Crippen LogP contribution in [-0.2, 0) is 0 Å². The normalized spacial score (nSPS) is 10.4. The van der Waals surface area contributed by atoms with Crippen molar-refractivity contribution >= 4 is 5.78 Å². The number of hydrogen-bond donors (Lipinski definition) is 0. The first-order chi connectivity index (χ1) is 7.19. The molecule has 0 aliphatic rings. The van der Waals surface area contributed by atoms with Gasteiger partial charge in [-0.1, -0.05) is 26.0 Å². The van der Waals surface area contributed by atoms with Gasteiger partial charge in [0.25, 0.3) is 0 Å². The highest BCUT2D eigenvalue weighted by atomic mass is 16.5. The Hall–Kier alpha value is -1.31. The van der Waals surface area contributed by atoms with Gasteiger partial charge in [-0.15, -0.1) is 0 Å². The summed E-state index contributed by atoms with van der Waals surface area (Å²) in [7, 11) is 0. The molecule has 82 valence electrons. The molecule has 1 aromatic rings. The Morgan fingerprint density at radius 3 is 2.40 bits per heavy atom. The Balaban J connectivity index is 2.88. The zero-order valence-corrected chi connectivity index (χ0v) is 9.62. The molecular weight excluding hydrogens is 188 g/mol. The number of carbonyl (C=O) groups excluding carboxylic acids is 1. The van der Waals surface area contributed by atoms with Gasteiger partial charge in [0.2, 0.25) is 0 Å². The Labute approximate surface area is 91.3 Å². The monoisotopic (exact) mass is 206 g/mol. The van der Waals surface area contributed by atoms with Crippen molar-refractivity contribution in [3.63, 3.8) is 0 Å². The molecule has 0 N–H and O–H groups in total. The average molecular weight is 206 g/mol. The molecule has 0 radical (unpaired) electrons. The van der Waals surface area contributed by atoms with Gasteiger partial charge in [0, 0.05) is 0 Å². The summed E-state index contributed by atoms with van der Waals surface area (Å²) in [5.74, 6) is 0.759. The van der Waals surface area contributed by atoms with Crippen molar-refractivity contribution in [3.05, 3.63) is 29.8 Å². The van der Waals surface area contributed by atoms with Crippen molar-refractivity contribution in [2.45, 2.75) is 39.7 Å². The number of hydrogen-bond acceptors (Lipinski definition) is 2. The Morgan fingerprint density at radius 1 is 1.27 bits per heavy atom. The van der Waals surface area contributed by atoms with Gasteiger partial charge in [-0.2, -0.15) is 0 Å². The highest BCUT2D eigenvalue weighted by Crippen LogP contribution is 2.21. The molecule has 2 heteroatoms. The molecule has 0 spiro atoms. The standard InChI is InChI=1S/C13H18O2/c1-4-11(5-2)15-13-9-7-6-8-12(13)10(3)14/h6-9,11H,4-5H2,1-3H3. The fourth-order valence-corrected chi connectivity index (χ4v) is 1.50. The average Bonchev–Trinajstić information content (AvgIpc) is 2.26. The van der Waals surface area contributed by atoms with Crippen LogP contribution in [0.2, 0.25) is 0 Å². The van der Waals surface area contributed by atoms with Crippen LogP contribution >= 0.6 is 0 Å². The second kappa shape index (κ2) is 5.54. The molecule has 0 heterocycles. The van der Waals surface area contributed by atoms with E-state index in [1.165, 1.54) is 0 Å². The summed E-state index contributed by atoms with van der Waals surface area (Å²) in [6.07, 6.45) is 2.12. The quantitative estimate of drug-likeness (QED) is 0.690. The molecule has 0 unspecified atom stereocenters. The molecule has 0 atom stereocenters. The largest absolute Gasteiger partial charge is 0.490 e. The molecule has 0 aliphatic heterocycles. The summed E-state index contributed by atoms with van der Waals surface area (Å²) < 4.78 is 5.78. The van der Waals surface area contributed by atoms with Crippen molar-refractivity contribution in [2.24, 2.45) is 0 Å². The van der Waals surface area contributed by atoms with Crippen LogP contribution in [0.3, 0.4) is 0 Å². The SMILES string of the molecule is CCC(CC)Oc1ccccc1C(C)=O. The van der Waals surface area contributed by atoms with E-state index in [4.69, 9.17) is 4.74 Å². The topological polar surface area (TPSA) is 26.3 Å². The number of para-hydroxylation sites is 1. The maximum absolute atomic E-state index is 11.3. The molecule has 0 saturated carbocycles. The van der Waals surface area contributed by atoms with E-state index in [0.717, 1.165) is 12.8 Å². The van der Waals surface area contributed by atoms with Gasteiger partial charge in [-0.3, -0.25) is 4.79 Å². The molecule has 0 bridgehead atoms. The van der Waals surface area contributed by atoms with Crippen LogP contribution in [0.25, 0.3) is 0 Å². The van der Waals surface area contributed by atoms with Crippen molar-refractivity contribution in [1.82, 2.24) is 0 Å². The van der Waals surface area contributed by atoms with Crippen molar-refractivity contribution in [2.75, 3.05) is 0 Å². The second-order valence-electron chi connectivity index (χ2n) is 3.61. The van der Waals surface area contributed by atoms with E-state index in [0.29, 0.717) is 11.3 Å². The number of rotatable bonds is 5. The summed E-state index contributed by atoms with van der Waals surface area (Å²) >= 11 is 0. The van der Waals surface area contributed by atoms with E-state index < -0.39 is 0 Å². The van der Waals surface area contributed by atoms with Gasteiger partial charge in [0.15, 0.2) is 5.78 Å². The minimum absolute atomic E-state index is 0.0524. The van der Waals surface area contributed by atoms with Gasteiger partial charge < -0.3 is 4.74 Å². The third-order valence-corrected chi connectivity index (χ3v) is 2.47. The molecule has 0 aromatic heterocycles. The maximum atomic E-state index is 11.3. The van der Waals surface area contributed by atoms with E-state index in [2.05, 4.69) is 13.8 Å². The zero-order valence-electron chi connectivity index (χ0n) is 9.62. The summed E-state index contributed by atoms with van der Waals surface area (Å²) in [4.78, 5) is 11.3. The smallest absolute Gasteiger partial charge is 0.163 e. The molecule has 1 aromatic carbocycles. The lowest BCUT2D eigenvalue weighted by Gasteiger charge is -2.17. The Bertz CT molecular complexity index is 327. The maximum Gasteiger partial charge on any atom is 0.163 e. The minimum Gasteiger partial charge on any atom is -0.490 e. The number of carbonyl (C=O) groups is 1. The highest BCUT2D eigenvalue weighted by Gasteiger charge is 2.11. The minimum atomic E-state index is 0.0524. The number of Topliss-reactive ketones (excluding diaryl/α,β-unsaturated/α-hetero) is 1. The van der Waals surface area contributed by atoms with Crippen LogP contribution in [0.5, 0.6) is 5.75 Å². The van der Waals surface area contributed by atoms with E-state index in [9.17, 15) is 4.79 Å². The van der Waals surface area contributed by atoms with Gasteiger partial charge in [0.1, 0.15) is 5.75 Å². The molecule has 2 nitrogen and oxygen atoms in total. The molecule has 0 aliphatic carbocycles. The molecule has 0 amide bonds. The van der Waals surface area contributed by atoms with Crippen LogP contribution in [-0.4, -0.2) is 11.9 Å². The number of ether oxygens (including phenoxy) is 1. The molecule has 0 fully saturated rings. The predicted octanol–water partition coefficient (Wildman–Crippen LogP) is 3.46. The van der Waals surface area contributed by atoms with Crippen LogP contribution in [0.4, 0.5) is 0 Å². The molecule has 0 saturated heterocycles. The van der Waals surface area contributed by atoms with E-state index in [1.54, 1.807) is 13.0 Å². The van der Waals surface area contributed by atoms with Crippen LogP contribution < -0.4 is 4.74 Å². The first-order valence-corrected chi connectivity index (χ1v) is 5.45. The molecule has 15 heavy (non-hydrogen) atoms. The fraction of sp³-hybridized carbons (Fsp3) is 0.462. The van der Waals surface area contributed by atoms with Gasteiger partial charge >= 0.3 is 0 Å². The number of ketones is 1. The highest BCUT2D eigenvalue weighted by molar-refractivity contribution is 5.96. The van der Waals surface area contributed by atoms with E-state index in [1.807, 2.05) is 18.2 Å². The summed E-state index contributed by atoms with van der Waals surface area (Å²) in [5, 5.41) is 0. The molecular formula is C13H18O2. The van der Waals surface area contributed by atoms with Crippen molar-refractivity contribution in [3.8, 4) is 5.75 Å². The Morgan fingerprint density at radius 2 is 1.87 bits per heavy atom. The van der Waals surface area contributed by atoms with E-state index in [-0.39, 0.29) is 11.9 Å². The first-order valence-electron chi connectivity index (χ1n) is 5.45. The fourth-order valence-electron chi connectivity index (χ4n) is 1.50. The second-order valence-corrected chi connectivity index (χ2v) is 3.61. The lowest BCUT2D eigenvalue weighted by molar-refractivity contribution is 0.100.